The second-order valence-corrected chi connectivity index (χ2v) is 6.37. The van der Waals surface area contributed by atoms with Crippen molar-refractivity contribution in [2.75, 3.05) is 19.0 Å². The summed E-state index contributed by atoms with van der Waals surface area (Å²) in [5.41, 5.74) is 1.18. The Hall–Kier alpha value is -0.550. The molecule has 2 rings (SSSR count). The number of aliphatic hydroxyl groups is 1. The summed E-state index contributed by atoms with van der Waals surface area (Å²) in [7, 11) is 0. The van der Waals surface area contributed by atoms with Crippen LogP contribution in [0.15, 0.2) is 29.2 Å². The van der Waals surface area contributed by atoms with Crippen LogP contribution in [0.3, 0.4) is 0 Å². The Bertz CT molecular complexity index is 389. The maximum Gasteiger partial charge on any atom is 0.163 e. The van der Waals surface area contributed by atoms with Crippen LogP contribution in [0.25, 0.3) is 0 Å². The predicted octanol–water partition coefficient (Wildman–Crippen LogP) is 2.86. The molecule has 1 heterocycles. The fourth-order valence-electron chi connectivity index (χ4n) is 2.09. The number of hydrogen-bond donors (Lipinski definition) is 1. The smallest absolute Gasteiger partial charge is 0.163 e. The topological polar surface area (TPSA) is 38.7 Å². The molecule has 0 spiro atoms. The van der Waals surface area contributed by atoms with Crippen LogP contribution in [0.1, 0.15) is 25.8 Å². The maximum atomic E-state index is 8.86. The number of aliphatic hydroxyl groups excluding tert-OH is 1. The van der Waals surface area contributed by atoms with E-state index in [0.29, 0.717) is 6.61 Å². The molecular weight excluding hydrogens is 260 g/mol. The Balaban J connectivity index is 1.71. The molecule has 0 radical (unpaired) electrons. The van der Waals surface area contributed by atoms with Crippen molar-refractivity contribution in [3.05, 3.63) is 29.8 Å². The van der Waals surface area contributed by atoms with E-state index >= 15 is 0 Å². The van der Waals surface area contributed by atoms with Crippen LogP contribution in [0, 0.1) is 0 Å². The van der Waals surface area contributed by atoms with E-state index in [0.717, 1.165) is 18.6 Å². The van der Waals surface area contributed by atoms with Gasteiger partial charge in [0.25, 0.3) is 0 Å². The van der Waals surface area contributed by atoms with Gasteiger partial charge in [-0.3, -0.25) is 0 Å². The summed E-state index contributed by atoms with van der Waals surface area (Å²) in [6.07, 6.45) is 1.95. The molecule has 1 aliphatic rings. The normalized spacial score (nSPS) is 21.7. The fourth-order valence-corrected chi connectivity index (χ4v) is 3.04. The molecule has 1 saturated heterocycles. The first-order valence-corrected chi connectivity index (χ1v) is 7.72. The van der Waals surface area contributed by atoms with Gasteiger partial charge in [0.2, 0.25) is 0 Å². The average molecular weight is 282 g/mol. The van der Waals surface area contributed by atoms with Crippen molar-refractivity contribution in [2.24, 2.45) is 0 Å². The van der Waals surface area contributed by atoms with Crippen molar-refractivity contribution < 1.29 is 14.6 Å². The van der Waals surface area contributed by atoms with Crippen molar-refractivity contribution in [3.63, 3.8) is 0 Å². The van der Waals surface area contributed by atoms with Crippen molar-refractivity contribution in [3.8, 4) is 0 Å². The number of hydrogen-bond acceptors (Lipinski definition) is 4. The molecule has 1 aromatic rings. The van der Waals surface area contributed by atoms with Gasteiger partial charge < -0.3 is 14.6 Å². The van der Waals surface area contributed by atoms with Gasteiger partial charge in [0.1, 0.15) is 0 Å². The van der Waals surface area contributed by atoms with Gasteiger partial charge in [0, 0.05) is 17.3 Å². The van der Waals surface area contributed by atoms with Crippen molar-refractivity contribution in [1.29, 1.82) is 0 Å². The van der Waals surface area contributed by atoms with E-state index in [2.05, 4.69) is 24.3 Å². The minimum Gasteiger partial charge on any atom is -0.396 e. The first-order chi connectivity index (χ1) is 9.09. The molecule has 3 nitrogen and oxygen atoms in total. The lowest BCUT2D eigenvalue weighted by molar-refractivity contribution is -0.138. The van der Waals surface area contributed by atoms with Gasteiger partial charge in [-0.1, -0.05) is 12.1 Å². The quantitative estimate of drug-likeness (QED) is 0.814. The molecule has 1 N–H and O–H groups in total. The first-order valence-electron chi connectivity index (χ1n) is 6.73. The van der Waals surface area contributed by atoms with E-state index in [1.807, 2.05) is 25.6 Å². The van der Waals surface area contributed by atoms with Crippen LogP contribution < -0.4 is 0 Å². The highest BCUT2D eigenvalue weighted by Gasteiger charge is 2.32. The zero-order chi connectivity index (χ0) is 13.7. The highest BCUT2D eigenvalue weighted by atomic mass is 32.2. The molecule has 0 aromatic heterocycles. The summed E-state index contributed by atoms with van der Waals surface area (Å²) in [5, 5.41) is 8.86. The van der Waals surface area contributed by atoms with E-state index in [1.54, 1.807) is 0 Å². The maximum absolute atomic E-state index is 8.86. The van der Waals surface area contributed by atoms with Crippen LogP contribution in [0.2, 0.25) is 0 Å². The molecule has 106 valence electrons. The lowest BCUT2D eigenvalue weighted by atomic mass is 10.2. The van der Waals surface area contributed by atoms with Crippen molar-refractivity contribution in [1.82, 2.24) is 0 Å². The molecule has 1 aliphatic heterocycles. The second kappa shape index (κ2) is 6.75. The van der Waals surface area contributed by atoms with Gasteiger partial charge in [-0.25, -0.2) is 0 Å². The van der Waals surface area contributed by atoms with E-state index in [-0.39, 0.29) is 12.7 Å². The van der Waals surface area contributed by atoms with Crippen LogP contribution >= 0.6 is 11.8 Å². The molecule has 1 fully saturated rings. The summed E-state index contributed by atoms with van der Waals surface area (Å²) >= 11 is 1.84. The summed E-state index contributed by atoms with van der Waals surface area (Å²) in [6, 6.07) is 8.39. The van der Waals surface area contributed by atoms with Gasteiger partial charge >= 0.3 is 0 Å². The lowest BCUT2D eigenvalue weighted by Gasteiger charge is -2.16. The van der Waals surface area contributed by atoms with E-state index in [9.17, 15) is 0 Å². The zero-order valence-corrected chi connectivity index (χ0v) is 12.4. The van der Waals surface area contributed by atoms with E-state index in [1.165, 1.54) is 10.5 Å². The van der Waals surface area contributed by atoms with Crippen LogP contribution in [-0.2, 0) is 15.9 Å². The molecule has 0 amide bonds. The van der Waals surface area contributed by atoms with Gasteiger partial charge in [-0.2, -0.15) is 0 Å². The van der Waals surface area contributed by atoms with Crippen LogP contribution in [0.4, 0.5) is 0 Å². The average Bonchev–Trinajstić information content (AvgIpc) is 2.72. The summed E-state index contributed by atoms with van der Waals surface area (Å²) in [4.78, 5) is 1.26. The highest BCUT2D eigenvalue weighted by molar-refractivity contribution is 7.99. The van der Waals surface area contributed by atoms with Crippen molar-refractivity contribution >= 4 is 11.8 Å². The SMILES string of the molecule is CC1(C)OCC(CCSc2ccc(CCO)cc2)O1. The third-order valence-electron chi connectivity index (χ3n) is 3.10. The Labute approximate surface area is 119 Å². The molecule has 4 heteroatoms. The Morgan fingerprint density at radius 2 is 2.05 bits per heavy atom. The molecule has 1 unspecified atom stereocenters. The third kappa shape index (κ3) is 4.80. The van der Waals surface area contributed by atoms with Crippen LogP contribution in [0.5, 0.6) is 0 Å². The molecule has 0 saturated carbocycles. The number of benzene rings is 1. The summed E-state index contributed by atoms with van der Waals surface area (Å²) < 4.78 is 11.3. The van der Waals surface area contributed by atoms with Crippen LogP contribution in [-0.4, -0.2) is 36.0 Å². The Morgan fingerprint density at radius 1 is 1.32 bits per heavy atom. The second-order valence-electron chi connectivity index (χ2n) is 5.21. The van der Waals surface area contributed by atoms with E-state index < -0.39 is 5.79 Å². The first kappa shape index (κ1) is 14.9. The molecule has 19 heavy (non-hydrogen) atoms. The monoisotopic (exact) mass is 282 g/mol. The third-order valence-corrected chi connectivity index (χ3v) is 4.15. The van der Waals surface area contributed by atoms with Gasteiger partial charge in [-0.05, 0) is 44.4 Å². The summed E-state index contributed by atoms with van der Waals surface area (Å²) in [5.74, 6) is 0.616. The molecule has 0 bridgehead atoms. The molecule has 1 atom stereocenters. The van der Waals surface area contributed by atoms with Gasteiger partial charge in [0.15, 0.2) is 5.79 Å². The predicted molar refractivity (Wildman–Crippen MR) is 77.5 cm³/mol. The lowest BCUT2D eigenvalue weighted by Crippen LogP contribution is -2.21. The molecular formula is C15H22O3S. The molecule has 0 aliphatic carbocycles. The summed E-state index contributed by atoms with van der Waals surface area (Å²) in [6.45, 7) is 4.82. The zero-order valence-electron chi connectivity index (χ0n) is 11.6. The Morgan fingerprint density at radius 3 is 2.63 bits per heavy atom. The number of ether oxygens (including phenoxy) is 2. The highest BCUT2D eigenvalue weighted by Crippen LogP contribution is 2.26. The standard InChI is InChI=1S/C15H22O3S/c1-15(2)17-11-13(18-15)8-10-19-14-5-3-12(4-6-14)7-9-16/h3-6,13,16H,7-11H2,1-2H3. The fraction of sp³-hybridized carbons (Fsp3) is 0.600. The molecule has 1 aromatic carbocycles. The number of thioether (sulfide) groups is 1. The van der Waals surface area contributed by atoms with Gasteiger partial charge in [-0.15, -0.1) is 11.8 Å². The Kier molecular flexibility index (Phi) is 5.28. The van der Waals surface area contributed by atoms with Gasteiger partial charge in [0.05, 0.1) is 12.7 Å². The number of rotatable bonds is 6. The van der Waals surface area contributed by atoms with E-state index in [4.69, 9.17) is 14.6 Å². The largest absolute Gasteiger partial charge is 0.396 e. The van der Waals surface area contributed by atoms with Crippen molar-refractivity contribution in [2.45, 2.75) is 43.5 Å². The minimum atomic E-state index is -0.415. The minimum absolute atomic E-state index is 0.210.